The Hall–Kier alpha value is -2.34. The van der Waals surface area contributed by atoms with Crippen LogP contribution < -0.4 is 5.32 Å². The first-order chi connectivity index (χ1) is 10.2. The Labute approximate surface area is 123 Å². The van der Waals surface area contributed by atoms with Gasteiger partial charge in [-0.1, -0.05) is 6.07 Å². The predicted molar refractivity (Wildman–Crippen MR) is 78.8 cm³/mol. The molecule has 108 valence electrons. The molecule has 1 fully saturated rings. The van der Waals surface area contributed by atoms with E-state index in [4.69, 9.17) is 0 Å². The molecule has 6 heteroatoms. The van der Waals surface area contributed by atoms with Crippen molar-refractivity contribution in [3.05, 3.63) is 48.2 Å². The van der Waals surface area contributed by atoms with E-state index in [1.165, 1.54) is 18.8 Å². The summed E-state index contributed by atoms with van der Waals surface area (Å²) in [5.74, 6) is 0.158. The fraction of sp³-hybridized carbons (Fsp3) is 0.333. The number of rotatable bonds is 3. The maximum absolute atomic E-state index is 12.2. The number of carbonyl (C=O) groups is 1. The van der Waals surface area contributed by atoms with Crippen LogP contribution in [0.25, 0.3) is 0 Å². The molecule has 0 saturated carbocycles. The Balaban J connectivity index is 1.78. The number of likely N-dealkylation sites (tertiary alicyclic amines) is 1. The van der Waals surface area contributed by atoms with E-state index in [0.29, 0.717) is 17.6 Å². The van der Waals surface area contributed by atoms with E-state index in [-0.39, 0.29) is 5.91 Å². The maximum atomic E-state index is 12.2. The van der Waals surface area contributed by atoms with Crippen molar-refractivity contribution in [2.24, 2.45) is 0 Å². The van der Waals surface area contributed by atoms with Crippen LogP contribution in [0.15, 0.2) is 36.8 Å². The van der Waals surface area contributed by atoms with E-state index in [9.17, 15) is 4.79 Å². The first-order valence-corrected chi connectivity index (χ1v) is 6.98. The Kier molecular flexibility index (Phi) is 3.87. The molecule has 2 aromatic heterocycles. The molecule has 2 aromatic rings. The van der Waals surface area contributed by atoms with Crippen LogP contribution in [0.3, 0.4) is 0 Å². The number of pyridine rings is 1. The van der Waals surface area contributed by atoms with Crippen LogP contribution in [0.2, 0.25) is 0 Å². The van der Waals surface area contributed by atoms with Gasteiger partial charge in [0.1, 0.15) is 5.69 Å². The number of carbonyl (C=O) groups excluding carboxylic acids is 1. The lowest BCUT2D eigenvalue weighted by molar-refractivity contribution is 0.102. The fourth-order valence-corrected chi connectivity index (χ4v) is 2.59. The molecule has 0 aliphatic carbocycles. The van der Waals surface area contributed by atoms with Gasteiger partial charge in [0, 0.05) is 12.4 Å². The molecule has 1 N–H and O–H groups in total. The average Bonchev–Trinajstić information content (AvgIpc) is 2.94. The molecule has 1 aliphatic heterocycles. The van der Waals surface area contributed by atoms with Crippen molar-refractivity contribution in [3.63, 3.8) is 0 Å². The molecule has 3 heterocycles. The summed E-state index contributed by atoms with van der Waals surface area (Å²) >= 11 is 0. The minimum Gasteiger partial charge on any atom is -0.304 e. The molecule has 1 atom stereocenters. The first kappa shape index (κ1) is 13.6. The van der Waals surface area contributed by atoms with Gasteiger partial charge in [0.2, 0.25) is 0 Å². The highest BCUT2D eigenvalue weighted by Gasteiger charge is 2.24. The SMILES string of the molecule is CN1CCC[C@H]1c1cccc(C(=O)Nc2cnccn2)n1. The number of hydrogen-bond donors (Lipinski definition) is 1. The molecule has 0 spiro atoms. The minimum absolute atomic E-state index is 0.266. The predicted octanol–water partition coefficient (Wildman–Crippen LogP) is 1.89. The van der Waals surface area contributed by atoms with Gasteiger partial charge in [-0.05, 0) is 38.6 Å². The molecule has 1 amide bonds. The number of hydrogen-bond acceptors (Lipinski definition) is 5. The van der Waals surface area contributed by atoms with E-state index in [1.807, 2.05) is 12.1 Å². The molecular weight excluding hydrogens is 266 g/mol. The summed E-state index contributed by atoms with van der Waals surface area (Å²) in [6.07, 6.45) is 6.85. The monoisotopic (exact) mass is 283 g/mol. The van der Waals surface area contributed by atoms with Crippen molar-refractivity contribution in [1.29, 1.82) is 0 Å². The van der Waals surface area contributed by atoms with Crippen LogP contribution in [0, 0.1) is 0 Å². The molecule has 3 rings (SSSR count). The fourth-order valence-electron chi connectivity index (χ4n) is 2.59. The highest BCUT2D eigenvalue weighted by molar-refractivity contribution is 6.02. The maximum Gasteiger partial charge on any atom is 0.275 e. The second kappa shape index (κ2) is 5.97. The second-order valence-electron chi connectivity index (χ2n) is 5.13. The molecular formula is C15H17N5O. The van der Waals surface area contributed by atoms with Gasteiger partial charge >= 0.3 is 0 Å². The Morgan fingerprint density at radius 1 is 1.38 bits per heavy atom. The van der Waals surface area contributed by atoms with Gasteiger partial charge in [-0.15, -0.1) is 0 Å². The van der Waals surface area contributed by atoms with Crippen LogP contribution in [0.4, 0.5) is 5.82 Å². The third kappa shape index (κ3) is 3.05. The number of nitrogens with one attached hydrogen (secondary N) is 1. The molecule has 1 saturated heterocycles. The molecule has 0 radical (unpaired) electrons. The van der Waals surface area contributed by atoms with Crippen molar-refractivity contribution >= 4 is 11.7 Å². The van der Waals surface area contributed by atoms with E-state index >= 15 is 0 Å². The molecule has 0 aromatic carbocycles. The van der Waals surface area contributed by atoms with Crippen molar-refractivity contribution in [3.8, 4) is 0 Å². The third-order valence-corrected chi connectivity index (χ3v) is 3.67. The van der Waals surface area contributed by atoms with Crippen molar-refractivity contribution in [2.45, 2.75) is 18.9 Å². The topological polar surface area (TPSA) is 71.0 Å². The van der Waals surface area contributed by atoms with Crippen LogP contribution in [0.1, 0.15) is 35.1 Å². The number of amides is 1. The summed E-state index contributed by atoms with van der Waals surface area (Å²) in [4.78, 5) is 26.9. The second-order valence-corrected chi connectivity index (χ2v) is 5.13. The van der Waals surface area contributed by atoms with Gasteiger partial charge < -0.3 is 5.32 Å². The van der Waals surface area contributed by atoms with E-state index in [0.717, 1.165) is 18.7 Å². The van der Waals surface area contributed by atoms with Crippen LogP contribution in [-0.4, -0.2) is 39.4 Å². The zero-order valence-corrected chi connectivity index (χ0v) is 11.9. The molecule has 1 aliphatic rings. The highest BCUT2D eigenvalue weighted by Crippen LogP contribution is 2.28. The van der Waals surface area contributed by atoms with Crippen LogP contribution in [-0.2, 0) is 0 Å². The number of aromatic nitrogens is 3. The average molecular weight is 283 g/mol. The largest absolute Gasteiger partial charge is 0.304 e. The van der Waals surface area contributed by atoms with E-state index in [2.05, 4.69) is 32.2 Å². The van der Waals surface area contributed by atoms with Gasteiger partial charge in [0.25, 0.3) is 5.91 Å². The zero-order chi connectivity index (χ0) is 14.7. The summed E-state index contributed by atoms with van der Waals surface area (Å²) in [5.41, 5.74) is 1.35. The third-order valence-electron chi connectivity index (χ3n) is 3.67. The van der Waals surface area contributed by atoms with Crippen LogP contribution in [0.5, 0.6) is 0 Å². The minimum atomic E-state index is -0.266. The van der Waals surface area contributed by atoms with E-state index in [1.54, 1.807) is 12.3 Å². The van der Waals surface area contributed by atoms with Gasteiger partial charge in [-0.25, -0.2) is 9.97 Å². The molecule has 21 heavy (non-hydrogen) atoms. The molecule has 0 bridgehead atoms. The van der Waals surface area contributed by atoms with Crippen molar-refractivity contribution < 1.29 is 4.79 Å². The van der Waals surface area contributed by atoms with Gasteiger partial charge in [-0.3, -0.25) is 14.7 Å². The lowest BCUT2D eigenvalue weighted by atomic mass is 10.1. The quantitative estimate of drug-likeness (QED) is 0.931. The lowest BCUT2D eigenvalue weighted by Gasteiger charge is -2.19. The Bertz CT molecular complexity index is 631. The summed E-state index contributed by atoms with van der Waals surface area (Å²) < 4.78 is 0. The summed E-state index contributed by atoms with van der Waals surface area (Å²) in [6, 6.07) is 5.87. The smallest absolute Gasteiger partial charge is 0.275 e. The Morgan fingerprint density at radius 2 is 2.29 bits per heavy atom. The first-order valence-electron chi connectivity index (χ1n) is 6.98. The van der Waals surface area contributed by atoms with E-state index < -0.39 is 0 Å². The normalized spacial score (nSPS) is 18.6. The number of nitrogens with zero attached hydrogens (tertiary/aromatic N) is 4. The van der Waals surface area contributed by atoms with Crippen molar-refractivity contribution in [1.82, 2.24) is 19.9 Å². The van der Waals surface area contributed by atoms with Crippen LogP contribution >= 0.6 is 0 Å². The van der Waals surface area contributed by atoms with Crippen molar-refractivity contribution in [2.75, 3.05) is 18.9 Å². The summed E-state index contributed by atoms with van der Waals surface area (Å²) in [7, 11) is 2.09. The van der Waals surface area contributed by atoms with Gasteiger partial charge in [0.05, 0.1) is 17.9 Å². The highest BCUT2D eigenvalue weighted by atomic mass is 16.1. The zero-order valence-electron chi connectivity index (χ0n) is 11.9. The summed E-state index contributed by atoms with van der Waals surface area (Å²) in [6.45, 7) is 1.07. The standard InChI is InChI=1S/C15H17N5O/c1-20-9-3-6-13(20)11-4-2-5-12(18-11)15(21)19-14-10-16-7-8-17-14/h2,4-5,7-8,10,13H,3,6,9H2,1H3,(H,17,19,21)/t13-/m0/s1. The number of anilines is 1. The molecule has 0 unspecified atom stereocenters. The summed E-state index contributed by atoms with van der Waals surface area (Å²) in [5, 5.41) is 2.70. The molecule has 6 nitrogen and oxygen atoms in total. The Morgan fingerprint density at radius 3 is 3.00 bits per heavy atom. The lowest BCUT2D eigenvalue weighted by Crippen LogP contribution is -2.20. The van der Waals surface area contributed by atoms with Gasteiger partial charge in [0.15, 0.2) is 5.82 Å². The van der Waals surface area contributed by atoms with Gasteiger partial charge in [-0.2, -0.15) is 0 Å².